The Morgan fingerprint density at radius 3 is 2.33 bits per heavy atom. The van der Waals surface area contributed by atoms with Gasteiger partial charge in [0.1, 0.15) is 0 Å². The molecule has 2 heterocycles. The topological polar surface area (TPSA) is 30.5 Å². The lowest BCUT2D eigenvalue weighted by atomic mass is 9.92. The minimum Gasteiger partial charge on any atom is -0.314 e. The lowest BCUT2D eigenvalue weighted by Crippen LogP contribution is -2.30. The Bertz CT molecular complexity index is 126. The molecule has 0 bridgehead atoms. The number of hydrogen-bond donors (Lipinski definition) is 1. The maximum atomic E-state index is 4.96. The molecule has 0 aromatic heterocycles. The monoisotopic (exact) mass is 171 g/mol. The Hall–Kier alpha value is -0.120. The predicted molar refractivity (Wildman–Crippen MR) is 45.7 cm³/mol. The highest BCUT2D eigenvalue weighted by molar-refractivity contribution is 4.81. The van der Waals surface area contributed by atoms with Crippen LogP contribution in [0.5, 0.6) is 0 Å². The zero-order chi connectivity index (χ0) is 8.23. The molecule has 1 N–H and O–H groups in total. The van der Waals surface area contributed by atoms with Gasteiger partial charge < -0.3 is 5.32 Å². The molecular weight excluding hydrogens is 154 g/mol. The van der Waals surface area contributed by atoms with Gasteiger partial charge in [-0.1, -0.05) is 0 Å². The molecule has 1 unspecified atom stereocenters. The van der Waals surface area contributed by atoms with E-state index in [0.29, 0.717) is 0 Å². The first kappa shape index (κ1) is 8.48. The second-order valence-electron chi connectivity index (χ2n) is 3.68. The molecule has 0 radical (unpaired) electrons. The van der Waals surface area contributed by atoms with Crippen LogP contribution in [0.25, 0.3) is 0 Å². The molecule has 3 heteroatoms. The Balaban J connectivity index is 1.83. The van der Waals surface area contributed by atoms with Crippen molar-refractivity contribution in [3.05, 3.63) is 0 Å². The molecule has 0 aliphatic carbocycles. The summed E-state index contributed by atoms with van der Waals surface area (Å²) in [5.41, 5.74) is 0. The molecule has 2 aliphatic heterocycles. The largest absolute Gasteiger partial charge is 0.314 e. The Morgan fingerprint density at radius 1 is 1.00 bits per heavy atom. The molecule has 2 fully saturated rings. The van der Waals surface area contributed by atoms with Crippen LogP contribution < -0.4 is 5.32 Å². The summed E-state index contributed by atoms with van der Waals surface area (Å²) in [6.07, 6.45) is 4.98. The molecule has 1 atom stereocenters. The summed E-state index contributed by atoms with van der Waals surface area (Å²) >= 11 is 0. The molecule has 2 aliphatic rings. The molecular formula is C9H17NO2. The van der Waals surface area contributed by atoms with Gasteiger partial charge in [0, 0.05) is 6.04 Å². The fourth-order valence-electron chi connectivity index (χ4n) is 2.18. The van der Waals surface area contributed by atoms with Gasteiger partial charge in [-0.2, -0.15) is 0 Å². The van der Waals surface area contributed by atoms with Gasteiger partial charge in [-0.3, -0.25) is 0 Å². The van der Waals surface area contributed by atoms with Gasteiger partial charge in [0.25, 0.3) is 0 Å². The predicted octanol–water partition coefficient (Wildman–Crippen LogP) is 1.10. The van der Waals surface area contributed by atoms with Crippen LogP contribution in [-0.2, 0) is 9.78 Å². The molecule has 2 saturated heterocycles. The van der Waals surface area contributed by atoms with Crippen molar-refractivity contribution >= 4 is 0 Å². The van der Waals surface area contributed by atoms with Crippen molar-refractivity contribution < 1.29 is 9.78 Å². The van der Waals surface area contributed by atoms with Crippen molar-refractivity contribution in [3.8, 4) is 0 Å². The number of hydrogen-bond acceptors (Lipinski definition) is 3. The zero-order valence-corrected chi connectivity index (χ0v) is 7.42. The van der Waals surface area contributed by atoms with E-state index >= 15 is 0 Å². The molecule has 12 heavy (non-hydrogen) atoms. The molecule has 0 aromatic rings. The van der Waals surface area contributed by atoms with Gasteiger partial charge in [0.2, 0.25) is 0 Å². The average molecular weight is 171 g/mol. The van der Waals surface area contributed by atoms with Gasteiger partial charge in [-0.05, 0) is 38.1 Å². The van der Waals surface area contributed by atoms with Crippen molar-refractivity contribution in [1.82, 2.24) is 5.32 Å². The summed E-state index contributed by atoms with van der Waals surface area (Å²) in [6.45, 7) is 2.73. The van der Waals surface area contributed by atoms with Crippen LogP contribution in [0.15, 0.2) is 0 Å². The highest BCUT2D eigenvalue weighted by atomic mass is 17.2. The van der Waals surface area contributed by atoms with E-state index < -0.39 is 0 Å². The maximum Gasteiger partial charge on any atom is 0.0825 e. The molecule has 0 amide bonds. The second-order valence-corrected chi connectivity index (χ2v) is 3.68. The quantitative estimate of drug-likeness (QED) is 0.599. The van der Waals surface area contributed by atoms with Crippen LogP contribution in [0, 0.1) is 5.92 Å². The van der Waals surface area contributed by atoms with Crippen LogP contribution in [0.4, 0.5) is 0 Å². The van der Waals surface area contributed by atoms with E-state index in [0.717, 1.165) is 38.0 Å². The summed E-state index contributed by atoms with van der Waals surface area (Å²) in [6, 6.07) is 0.732. The lowest BCUT2D eigenvalue weighted by molar-refractivity contribution is -0.287. The first-order chi connectivity index (χ1) is 5.97. The minimum atomic E-state index is 0.732. The normalized spacial score (nSPS) is 33.5. The lowest BCUT2D eigenvalue weighted by Gasteiger charge is -2.20. The number of nitrogens with one attached hydrogen (secondary N) is 1. The van der Waals surface area contributed by atoms with Gasteiger partial charge in [-0.25, -0.2) is 9.78 Å². The van der Waals surface area contributed by atoms with Crippen LogP contribution in [-0.4, -0.2) is 25.8 Å². The zero-order valence-electron chi connectivity index (χ0n) is 7.42. The van der Waals surface area contributed by atoms with E-state index in [1.54, 1.807) is 0 Å². The van der Waals surface area contributed by atoms with Crippen molar-refractivity contribution in [3.63, 3.8) is 0 Å². The van der Waals surface area contributed by atoms with E-state index in [-0.39, 0.29) is 0 Å². The van der Waals surface area contributed by atoms with E-state index in [1.807, 2.05) is 0 Å². The van der Waals surface area contributed by atoms with Gasteiger partial charge in [0.15, 0.2) is 0 Å². The molecule has 0 spiro atoms. The van der Waals surface area contributed by atoms with Gasteiger partial charge >= 0.3 is 0 Å². The average Bonchev–Trinajstić information content (AvgIpc) is 2.48. The fourth-order valence-corrected chi connectivity index (χ4v) is 2.18. The first-order valence-electron chi connectivity index (χ1n) is 4.94. The van der Waals surface area contributed by atoms with Crippen LogP contribution in [0.1, 0.15) is 25.7 Å². The van der Waals surface area contributed by atoms with E-state index in [4.69, 9.17) is 9.78 Å². The third-order valence-electron chi connectivity index (χ3n) is 2.89. The van der Waals surface area contributed by atoms with Gasteiger partial charge in [0.05, 0.1) is 13.2 Å². The summed E-state index contributed by atoms with van der Waals surface area (Å²) < 4.78 is 0. The van der Waals surface area contributed by atoms with E-state index in [2.05, 4.69) is 5.32 Å². The van der Waals surface area contributed by atoms with Crippen LogP contribution in [0.2, 0.25) is 0 Å². The summed E-state index contributed by atoms with van der Waals surface area (Å²) in [4.78, 5) is 9.91. The second kappa shape index (κ2) is 4.21. The first-order valence-corrected chi connectivity index (χ1v) is 4.94. The SMILES string of the molecule is C1CNC(C2CCOOCC2)C1. The third-order valence-corrected chi connectivity index (χ3v) is 2.89. The fraction of sp³-hybridized carbons (Fsp3) is 1.00. The molecule has 0 aromatic carbocycles. The van der Waals surface area contributed by atoms with Crippen molar-refractivity contribution in [2.24, 2.45) is 5.92 Å². The van der Waals surface area contributed by atoms with Crippen molar-refractivity contribution in [2.45, 2.75) is 31.7 Å². The highest BCUT2D eigenvalue weighted by Gasteiger charge is 2.25. The minimum absolute atomic E-state index is 0.732. The molecule has 3 nitrogen and oxygen atoms in total. The Kier molecular flexibility index (Phi) is 2.98. The highest BCUT2D eigenvalue weighted by Crippen LogP contribution is 2.23. The standard InChI is InChI=1S/C9H17NO2/c1-2-9(10-5-1)8-3-6-11-12-7-4-8/h8-10H,1-7H2. The van der Waals surface area contributed by atoms with Crippen molar-refractivity contribution in [2.75, 3.05) is 19.8 Å². The molecule has 2 rings (SSSR count). The van der Waals surface area contributed by atoms with Gasteiger partial charge in [-0.15, -0.1) is 0 Å². The third kappa shape index (κ3) is 1.97. The molecule has 0 saturated carbocycles. The van der Waals surface area contributed by atoms with Crippen molar-refractivity contribution in [1.29, 1.82) is 0 Å². The van der Waals surface area contributed by atoms with E-state index in [9.17, 15) is 0 Å². The number of rotatable bonds is 1. The Morgan fingerprint density at radius 2 is 1.75 bits per heavy atom. The molecule has 70 valence electrons. The van der Waals surface area contributed by atoms with Crippen LogP contribution in [0.3, 0.4) is 0 Å². The van der Waals surface area contributed by atoms with Crippen LogP contribution >= 0.6 is 0 Å². The maximum absolute atomic E-state index is 4.96. The summed E-state index contributed by atoms with van der Waals surface area (Å²) in [5, 5.41) is 3.54. The summed E-state index contributed by atoms with van der Waals surface area (Å²) in [5.74, 6) is 0.773. The Labute approximate surface area is 73.4 Å². The smallest absolute Gasteiger partial charge is 0.0825 e. The van der Waals surface area contributed by atoms with E-state index in [1.165, 1.54) is 19.4 Å². The summed E-state index contributed by atoms with van der Waals surface area (Å²) in [7, 11) is 0.